The van der Waals surface area contributed by atoms with Crippen molar-refractivity contribution in [2.24, 2.45) is 0 Å². The Morgan fingerprint density at radius 1 is 1.25 bits per heavy atom. The van der Waals surface area contributed by atoms with E-state index in [9.17, 15) is 0 Å². The molecule has 84 valence electrons. The summed E-state index contributed by atoms with van der Waals surface area (Å²) in [6, 6.07) is 7.52. The summed E-state index contributed by atoms with van der Waals surface area (Å²) in [5, 5.41) is 11.0. The van der Waals surface area contributed by atoms with Crippen LogP contribution in [0.15, 0.2) is 18.2 Å². The van der Waals surface area contributed by atoms with E-state index in [1.807, 2.05) is 12.1 Å². The second-order valence-electron chi connectivity index (χ2n) is 4.07. The van der Waals surface area contributed by atoms with Crippen molar-refractivity contribution < 1.29 is 0 Å². The molecule has 0 aliphatic carbocycles. The smallest absolute Gasteiger partial charge is 0.101 e. The second-order valence-corrected chi connectivity index (χ2v) is 4.07. The molecule has 0 aromatic heterocycles. The molecule has 0 saturated carbocycles. The quantitative estimate of drug-likeness (QED) is 0.742. The molecule has 1 aliphatic rings. The lowest BCUT2D eigenvalue weighted by Gasteiger charge is -2.28. The molecule has 0 bridgehead atoms. The molecule has 3 N–H and O–H groups in total. The molecule has 16 heavy (non-hydrogen) atoms. The number of piperidine rings is 1. The number of hydrogen-bond acceptors (Lipinski definition) is 4. The van der Waals surface area contributed by atoms with Crippen LogP contribution in [-0.4, -0.2) is 18.1 Å². The van der Waals surface area contributed by atoms with Crippen LogP contribution < -0.4 is 11.2 Å². The first-order valence-electron chi connectivity index (χ1n) is 5.61. The molecule has 0 unspecified atom stereocenters. The van der Waals surface area contributed by atoms with Crippen molar-refractivity contribution in [3.05, 3.63) is 23.8 Å². The van der Waals surface area contributed by atoms with Crippen molar-refractivity contribution in [1.29, 1.82) is 5.26 Å². The van der Waals surface area contributed by atoms with E-state index in [-0.39, 0.29) is 0 Å². The molecule has 0 radical (unpaired) electrons. The predicted octanol–water partition coefficient (Wildman–Crippen LogP) is 1.95. The minimum absolute atomic E-state index is 0.532. The van der Waals surface area contributed by atoms with E-state index >= 15 is 0 Å². The zero-order chi connectivity index (χ0) is 11.4. The van der Waals surface area contributed by atoms with Gasteiger partial charge in [0.15, 0.2) is 0 Å². The van der Waals surface area contributed by atoms with Crippen LogP contribution >= 0.6 is 0 Å². The number of hydrazine groups is 1. The maximum atomic E-state index is 8.77. The number of anilines is 2. The van der Waals surface area contributed by atoms with Crippen LogP contribution in [0.3, 0.4) is 0 Å². The van der Waals surface area contributed by atoms with E-state index in [1.54, 1.807) is 6.07 Å². The van der Waals surface area contributed by atoms with Crippen molar-refractivity contribution in [2.45, 2.75) is 19.3 Å². The molecule has 4 heteroatoms. The summed E-state index contributed by atoms with van der Waals surface area (Å²) in [4.78, 5) is 0. The molecule has 4 nitrogen and oxygen atoms in total. The predicted molar refractivity (Wildman–Crippen MR) is 64.6 cm³/mol. The third-order valence-electron chi connectivity index (χ3n) is 2.82. The summed E-state index contributed by atoms with van der Waals surface area (Å²) < 4.78 is 0. The molecule has 1 aromatic carbocycles. The summed E-state index contributed by atoms with van der Waals surface area (Å²) in [6.45, 7) is 2.14. The van der Waals surface area contributed by atoms with Gasteiger partial charge in [-0.1, -0.05) is 6.42 Å². The summed E-state index contributed by atoms with van der Waals surface area (Å²) in [6.07, 6.45) is 3.78. The summed E-state index contributed by atoms with van der Waals surface area (Å²) >= 11 is 0. The standard InChI is InChI=1S/C12H16N4/c13-9-10-4-5-11(8-12(10)14)15-16-6-2-1-3-7-16/h4-5,8,15H,1-3,6-7,14H2. The van der Waals surface area contributed by atoms with E-state index in [2.05, 4.69) is 16.5 Å². The van der Waals surface area contributed by atoms with Crippen molar-refractivity contribution in [1.82, 2.24) is 5.01 Å². The normalized spacial score (nSPS) is 16.7. The molecule has 1 aliphatic heterocycles. The molecule has 1 aromatic rings. The number of nitriles is 1. The van der Waals surface area contributed by atoms with Gasteiger partial charge < -0.3 is 11.2 Å². The van der Waals surface area contributed by atoms with Gasteiger partial charge in [0.25, 0.3) is 0 Å². The van der Waals surface area contributed by atoms with Crippen LogP contribution in [0, 0.1) is 11.3 Å². The maximum Gasteiger partial charge on any atom is 0.101 e. The molecule has 1 saturated heterocycles. The lowest BCUT2D eigenvalue weighted by Crippen LogP contribution is -2.34. The molecule has 0 atom stereocenters. The van der Waals surface area contributed by atoms with Gasteiger partial charge in [-0.2, -0.15) is 5.26 Å². The van der Waals surface area contributed by atoms with E-state index in [0.717, 1.165) is 18.8 Å². The molecule has 1 fully saturated rings. The minimum Gasteiger partial charge on any atom is -0.398 e. The van der Waals surface area contributed by atoms with E-state index < -0.39 is 0 Å². The Bertz CT molecular complexity index is 402. The van der Waals surface area contributed by atoms with Gasteiger partial charge in [0.2, 0.25) is 0 Å². The number of rotatable bonds is 2. The number of benzene rings is 1. The Morgan fingerprint density at radius 2 is 2.00 bits per heavy atom. The zero-order valence-electron chi connectivity index (χ0n) is 9.24. The number of nitrogens with one attached hydrogen (secondary N) is 1. The van der Waals surface area contributed by atoms with Crippen molar-refractivity contribution in [3.63, 3.8) is 0 Å². The largest absolute Gasteiger partial charge is 0.398 e. The highest BCUT2D eigenvalue weighted by molar-refractivity contribution is 5.62. The molecule has 2 rings (SSSR count). The number of hydrogen-bond donors (Lipinski definition) is 2. The maximum absolute atomic E-state index is 8.77. The van der Waals surface area contributed by atoms with Gasteiger partial charge in [-0.3, -0.25) is 0 Å². The molecule has 0 amide bonds. The van der Waals surface area contributed by atoms with Crippen LogP contribution in [0.2, 0.25) is 0 Å². The van der Waals surface area contributed by atoms with Crippen LogP contribution in [-0.2, 0) is 0 Å². The SMILES string of the molecule is N#Cc1ccc(NN2CCCCC2)cc1N. The van der Waals surface area contributed by atoms with Gasteiger partial charge in [0.05, 0.1) is 16.9 Å². The Hall–Kier alpha value is -1.73. The topological polar surface area (TPSA) is 65.1 Å². The Balaban J connectivity index is 2.04. The summed E-state index contributed by atoms with van der Waals surface area (Å²) in [5.74, 6) is 0. The van der Waals surface area contributed by atoms with E-state index in [0.29, 0.717) is 11.3 Å². The number of nitrogens with two attached hydrogens (primary N) is 1. The van der Waals surface area contributed by atoms with Crippen molar-refractivity contribution >= 4 is 11.4 Å². The van der Waals surface area contributed by atoms with Crippen molar-refractivity contribution in [2.75, 3.05) is 24.2 Å². The van der Waals surface area contributed by atoms with Crippen LogP contribution in [0.5, 0.6) is 0 Å². The first-order chi connectivity index (χ1) is 7.79. The summed E-state index contributed by atoms with van der Waals surface area (Å²) in [5.41, 5.74) is 11.1. The second kappa shape index (κ2) is 4.86. The van der Waals surface area contributed by atoms with E-state index in [4.69, 9.17) is 11.0 Å². The highest BCUT2D eigenvalue weighted by Gasteiger charge is 2.10. The first kappa shape index (κ1) is 10.8. The average molecular weight is 216 g/mol. The fraction of sp³-hybridized carbons (Fsp3) is 0.417. The zero-order valence-corrected chi connectivity index (χ0v) is 9.24. The highest BCUT2D eigenvalue weighted by Crippen LogP contribution is 2.19. The van der Waals surface area contributed by atoms with Gasteiger partial charge in [0.1, 0.15) is 6.07 Å². The Labute approximate surface area is 95.6 Å². The minimum atomic E-state index is 0.532. The first-order valence-corrected chi connectivity index (χ1v) is 5.61. The molecular formula is C12H16N4. The molecule has 1 heterocycles. The van der Waals surface area contributed by atoms with Gasteiger partial charge in [-0.15, -0.1) is 0 Å². The Kier molecular flexibility index (Phi) is 3.28. The lowest BCUT2D eigenvalue weighted by atomic mass is 10.1. The molecular weight excluding hydrogens is 200 g/mol. The van der Waals surface area contributed by atoms with Crippen LogP contribution in [0.1, 0.15) is 24.8 Å². The van der Waals surface area contributed by atoms with Crippen molar-refractivity contribution in [3.8, 4) is 6.07 Å². The van der Waals surface area contributed by atoms with Gasteiger partial charge >= 0.3 is 0 Å². The third kappa shape index (κ3) is 2.44. The van der Waals surface area contributed by atoms with E-state index in [1.165, 1.54) is 19.3 Å². The Morgan fingerprint density at radius 3 is 2.62 bits per heavy atom. The molecule has 0 spiro atoms. The van der Waals surface area contributed by atoms with Gasteiger partial charge in [0, 0.05) is 13.1 Å². The average Bonchev–Trinajstić information content (AvgIpc) is 2.31. The highest BCUT2D eigenvalue weighted by atomic mass is 15.5. The fourth-order valence-corrected chi connectivity index (χ4v) is 1.92. The third-order valence-corrected chi connectivity index (χ3v) is 2.82. The van der Waals surface area contributed by atoms with Crippen LogP contribution in [0.25, 0.3) is 0 Å². The number of nitrogens with zero attached hydrogens (tertiary/aromatic N) is 2. The monoisotopic (exact) mass is 216 g/mol. The lowest BCUT2D eigenvalue weighted by molar-refractivity contribution is 0.273. The van der Waals surface area contributed by atoms with Gasteiger partial charge in [-0.05, 0) is 31.0 Å². The summed E-state index contributed by atoms with van der Waals surface area (Å²) in [7, 11) is 0. The van der Waals surface area contributed by atoms with Gasteiger partial charge in [-0.25, -0.2) is 5.01 Å². The van der Waals surface area contributed by atoms with Crippen LogP contribution in [0.4, 0.5) is 11.4 Å². The number of nitrogen functional groups attached to an aromatic ring is 1. The fourth-order valence-electron chi connectivity index (χ4n) is 1.92.